The Morgan fingerprint density at radius 3 is 2.33 bits per heavy atom. The van der Waals surface area contributed by atoms with Crippen molar-refractivity contribution < 1.29 is 19.1 Å². The Morgan fingerprint density at radius 1 is 1.05 bits per heavy atom. The molecule has 0 unspecified atom stereocenters. The summed E-state index contributed by atoms with van der Waals surface area (Å²) in [4.78, 5) is 41.5. The highest BCUT2D eigenvalue weighted by molar-refractivity contribution is 6.01. The number of fused-ring (bicyclic) bond motifs is 1. The minimum absolute atomic E-state index is 0.0373. The lowest BCUT2D eigenvalue weighted by Gasteiger charge is -2.29. The van der Waals surface area contributed by atoms with Crippen molar-refractivity contribution in [1.82, 2.24) is 20.0 Å². The molecular formula is C31H43N5O4. The number of ether oxygens (including phenoxy) is 1. The zero-order valence-corrected chi connectivity index (χ0v) is 24.6. The van der Waals surface area contributed by atoms with E-state index in [4.69, 9.17) is 4.74 Å². The number of amides is 3. The number of aromatic nitrogens is 2. The third kappa shape index (κ3) is 6.18. The number of hydrogen-bond donors (Lipinski definition) is 2. The van der Waals surface area contributed by atoms with Crippen LogP contribution in [0.4, 0.5) is 10.5 Å². The lowest BCUT2D eigenvalue weighted by atomic mass is 9.88. The summed E-state index contributed by atoms with van der Waals surface area (Å²) in [7, 11) is 1.78. The van der Waals surface area contributed by atoms with Gasteiger partial charge >= 0.3 is 6.09 Å². The van der Waals surface area contributed by atoms with Crippen LogP contribution in [0, 0.1) is 17.8 Å². The van der Waals surface area contributed by atoms with Gasteiger partial charge in [-0.2, -0.15) is 5.10 Å². The minimum atomic E-state index is -0.609. The summed E-state index contributed by atoms with van der Waals surface area (Å²) < 4.78 is 7.26. The van der Waals surface area contributed by atoms with Crippen LogP contribution in [0.25, 0.3) is 0 Å². The summed E-state index contributed by atoms with van der Waals surface area (Å²) in [5.41, 5.74) is 2.81. The highest BCUT2D eigenvalue weighted by Gasteiger charge is 2.48. The Hall–Kier alpha value is -3.36. The highest BCUT2D eigenvalue weighted by atomic mass is 16.6. The van der Waals surface area contributed by atoms with Crippen molar-refractivity contribution in [3.8, 4) is 0 Å². The van der Waals surface area contributed by atoms with E-state index in [1.54, 1.807) is 28.9 Å². The molecule has 0 bridgehead atoms. The Morgan fingerprint density at radius 2 is 1.73 bits per heavy atom. The van der Waals surface area contributed by atoms with Gasteiger partial charge in [0, 0.05) is 25.0 Å². The molecule has 40 heavy (non-hydrogen) atoms. The molecule has 2 N–H and O–H groups in total. The molecule has 2 aromatic rings. The molecule has 2 saturated carbocycles. The van der Waals surface area contributed by atoms with Gasteiger partial charge in [0.1, 0.15) is 17.3 Å². The van der Waals surface area contributed by atoms with Gasteiger partial charge in [0.25, 0.3) is 5.91 Å². The number of anilines is 1. The van der Waals surface area contributed by atoms with Crippen molar-refractivity contribution in [2.75, 3.05) is 12.4 Å². The summed E-state index contributed by atoms with van der Waals surface area (Å²) in [6, 6.07) is 6.97. The molecule has 1 aromatic carbocycles. The van der Waals surface area contributed by atoms with Gasteiger partial charge in [0.2, 0.25) is 5.91 Å². The Bertz CT molecular complexity index is 1260. The largest absolute Gasteiger partial charge is 0.444 e. The molecule has 0 saturated heterocycles. The maximum atomic E-state index is 13.8. The first kappa shape index (κ1) is 28.2. The standard InChI is InChI=1S/C31H43N5O4/c1-18(2)36-25(15-16-32-36)28(37)34-27(26(19-7-8-19)20-9-10-20)29(38)33-22-12-13-23-21(17-22)11-14-24(23)35(6)30(39)40-31(3,4)5/h12-13,15-20,24,26-27H,7-11,14H2,1-6H3,(H,33,38)(H,34,37)/t24-,27+/m1/s1. The number of carbonyl (C=O) groups excluding carboxylic acids is 3. The minimum Gasteiger partial charge on any atom is -0.444 e. The molecule has 0 spiro atoms. The van der Waals surface area contributed by atoms with Gasteiger partial charge in [-0.25, -0.2) is 4.79 Å². The maximum absolute atomic E-state index is 13.8. The van der Waals surface area contributed by atoms with Gasteiger partial charge in [0.05, 0.1) is 6.04 Å². The molecule has 9 nitrogen and oxygen atoms in total. The lowest BCUT2D eigenvalue weighted by Crippen LogP contribution is -2.50. The molecule has 3 aliphatic rings. The summed E-state index contributed by atoms with van der Waals surface area (Å²) in [6.07, 6.45) is 7.32. The number of benzene rings is 1. The van der Waals surface area contributed by atoms with Crippen LogP contribution in [0.2, 0.25) is 0 Å². The molecule has 0 aliphatic heterocycles. The molecular weight excluding hydrogens is 506 g/mol. The monoisotopic (exact) mass is 549 g/mol. The van der Waals surface area contributed by atoms with E-state index in [9.17, 15) is 14.4 Å². The normalized spacial score (nSPS) is 19.4. The van der Waals surface area contributed by atoms with Gasteiger partial charge in [0.15, 0.2) is 0 Å². The predicted octanol–water partition coefficient (Wildman–Crippen LogP) is 5.49. The van der Waals surface area contributed by atoms with Crippen molar-refractivity contribution in [3.05, 3.63) is 47.3 Å². The van der Waals surface area contributed by atoms with E-state index in [1.807, 2.05) is 52.8 Å². The van der Waals surface area contributed by atoms with E-state index < -0.39 is 11.6 Å². The fourth-order valence-corrected chi connectivity index (χ4v) is 6.11. The molecule has 1 aromatic heterocycles. The number of rotatable bonds is 9. The Balaban J connectivity index is 1.32. The maximum Gasteiger partial charge on any atom is 0.410 e. The van der Waals surface area contributed by atoms with Crippen LogP contribution in [0.15, 0.2) is 30.5 Å². The fourth-order valence-electron chi connectivity index (χ4n) is 6.11. The average Bonchev–Trinajstić information content (AvgIpc) is 3.80. The second-order valence-electron chi connectivity index (χ2n) is 13.0. The van der Waals surface area contributed by atoms with E-state index in [-0.39, 0.29) is 35.9 Å². The third-order valence-electron chi connectivity index (χ3n) is 8.28. The van der Waals surface area contributed by atoms with Crippen molar-refractivity contribution in [2.45, 2.75) is 96.9 Å². The van der Waals surface area contributed by atoms with Gasteiger partial charge in [-0.15, -0.1) is 0 Å². The van der Waals surface area contributed by atoms with E-state index in [2.05, 4.69) is 15.7 Å². The first-order chi connectivity index (χ1) is 18.9. The van der Waals surface area contributed by atoms with Crippen molar-refractivity contribution >= 4 is 23.6 Å². The van der Waals surface area contributed by atoms with E-state index in [0.717, 1.165) is 49.7 Å². The summed E-state index contributed by atoms with van der Waals surface area (Å²) in [6.45, 7) is 9.55. The van der Waals surface area contributed by atoms with Gasteiger partial charge in [-0.05, 0) is 120 Å². The van der Waals surface area contributed by atoms with Crippen molar-refractivity contribution in [2.24, 2.45) is 17.8 Å². The van der Waals surface area contributed by atoms with Gasteiger partial charge in [-0.1, -0.05) is 6.07 Å². The molecule has 216 valence electrons. The Kier molecular flexibility index (Phi) is 7.68. The zero-order chi connectivity index (χ0) is 28.8. The van der Waals surface area contributed by atoms with Gasteiger partial charge in [-0.3, -0.25) is 14.3 Å². The van der Waals surface area contributed by atoms with Crippen LogP contribution in [0.5, 0.6) is 0 Å². The van der Waals surface area contributed by atoms with Crippen LogP contribution >= 0.6 is 0 Å². The summed E-state index contributed by atoms with van der Waals surface area (Å²) in [5.74, 6) is 0.652. The number of hydrogen-bond acceptors (Lipinski definition) is 5. The zero-order valence-electron chi connectivity index (χ0n) is 24.6. The van der Waals surface area contributed by atoms with Crippen LogP contribution < -0.4 is 10.6 Å². The number of carbonyl (C=O) groups is 3. The first-order valence-electron chi connectivity index (χ1n) is 14.7. The summed E-state index contributed by atoms with van der Waals surface area (Å²) >= 11 is 0. The molecule has 5 rings (SSSR count). The Labute approximate surface area is 237 Å². The topological polar surface area (TPSA) is 106 Å². The molecule has 9 heteroatoms. The number of aryl methyl sites for hydroxylation is 1. The molecule has 0 radical (unpaired) electrons. The average molecular weight is 550 g/mol. The second kappa shape index (κ2) is 10.9. The van der Waals surface area contributed by atoms with Crippen LogP contribution in [-0.2, 0) is 16.0 Å². The second-order valence-corrected chi connectivity index (χ2v) is 13.0. The van der Waals surface area contributed by atoms with Crippen LogP contribution in [0.3, 0.4) is 0 Å². The van der Waals surface area contributed by atoms with Gasteiger partial charge < -0.3 is 20.3 Å². The summed E-state index contributed by atoms with van der Waals surface area (Å²) in [5, 5.41) is 10.5. The molecule has 3 amide bonds. The third-order valence-corrected chi connectivity index (χ3v) is 8.28. The molecule has 3 aliphatic carbocycles. The lowest BCUT2D eigenvalue weighted by molar-refractivity contribution is -0.119. The fraction of sp³-hybridized carbons (Fsp3) is 0.613. The van der Waals surface area contributed by atoms with Crippen LogP contribution in [0.1, 0.15) is 100 Å². The van der Waals surface area contributed by atoms with Crippen LogP contribution in [-0.4, -0.2) is 51.3 Å². The molecule has 1 heterocycles. The van der Waals surface area contributed by atoms with Crippen molar-refractivity contribution in [3.63, 3.8) is 0 Å². The number of nitrogens with one attached hydrogen (secondary N) is 2. The molecule has 2 atom stereocenters. The SMILES string of the molecule is CC(C)n1nccc1C(=O)N[C@H](C(=O)Nc1ccc2c(c1)CC[C@H]2N(C)C(=O)OC(C)(C)C)C(C1CC1)C1CC1. The van der Waals surface area contributed by atoms with Crippen molar-refractivity contribution in [1.29, 1.82) is 0 Å². The predicted molar refractivity (Wildman–Crippen MR) is 153 cm³/mol. The van der Waals surface area contributed by atoms with E-state index in [0.29, 0.717) is 23.2 Å². The number of nitrogens with zero attached hydrogens (tertiary/aromatic N) is 3. The van der Waals surface area contributed by atoms with E-state index in [1.165, 1.54) is 0 Å². The first-order valence-corrected chi connectivity index (χ1v) is 14.7. The van der Waals surface area contributed by atoms with E-state index >= 15 is 0 Å². The quantitative estimate of drug-likeness (QED) is 0.430. The molecule has 2 fully saturated rings. The highest BCUT2D eigenvalue weighted by Crippen LogP contribution is 2.51. The smallest absolute Gasteiger partial charge is 0.410 e.